The SMILES string of the molecule is CSc1cccc(N2CCCCCCN/C(N)=C(/C(C)=C(\N)c3sccc3C)C2=O)c1. The molecule has 1 aliphatic heterocycles. The van der Waals surface area contributed by atoms with E-state index in [4.69, 9.17) is 11.5 Å². The third-order valence-electron chi connectivity index (χ3n) is 5.60. The largest absolute Gasteiger partial charge is 0.397 e. The van der Waals surface area contributed by atoms with Gasteiger partial charge < -0.3 is 21.7 Å². The first kappa shape index (κ1) is 23.3. The number of aryl methyl sites for hydroxylation is 1. The molecule has 0 atom stereocenters. The van der Waals surface area contributed by atoms with Crippen LogP contribution in [0, 0.1) is 6.92 Å². The van der Waals surface area contributed by atoms with Crippen molar-refractivity contribution in [2.24, 2.45) is 11.5 Å². The van der Waals surface area contributed by atoms with Crippen LogP contribution in [0.1, 0.15) is 43.0 Å². The normalized spacial score (nSPS) is 19.5. The van der Waals surface area contributed by atoms with Gasteiger partial charge in [0.25, 0.3) is 5.91 Å². The summed E-state index contributed by atoms with van der Waals surface area (Å²) in [6.07, 6.45) is 6.19. The van der Waals surface area contributed by atoms with Crippen molar-refractivity contribution in [2.45, 2.75) is 44.4 Å². The molecule has 0 saturated heterocycles. The van der Waals surface area contributed by atoms with Crippen LogP contribution in [0.25, 0.3) is 5.70 Å². The fourth-order valence-electron chi connectivity index (χ4n) is 3.75. The second-order valence-corrected chi connectivity index (χ2v) is 9.56. The predicted molar refractivity (Wildman–Crippen MR) is 134 cm³/mol. The Morgan fingerprint density at radius 2 is 1.97 bits per heavy atom. The van der Waals surface area contributed by atoms with E-state index in [1.165, 1.54) is 0 Å². The molecule has 3 rings (SSSR count). The van der Waals surface area contributed by atoms with E-state index in [1.807, 2.05) is 48.6 Å². The molecule has 0 bridgehead atoms. The Balaban J connectivity index is 2.11. The Morgan fingerprint density at radius 3 is 2.68 bits per heavy atom. The number of nitrogens with zero attached hydrogens (tertiary/aromatic N) is 1. The van der Waals surface area contributed by atoms with Crippen molar-refractivity contribution in [1.29, 1.82) is 0 Å². The summed E-state index contributed by atoms with van der Waals surface area (Å²) in [5.41, 5.74) is 16.8. The number of anilines is 1. The molecule has 0 saturated carbocycles. The summed E-state index contributed by atoms with van der Waals surface area (Å²) in [4.78, 5) is 17.9. The minimum absolute atomic E-state index is 0.111. The van der Waals surface area contributed by atoms with Crippen LogP contribution < -0.4 is 21.7 Å². The standard InChI is InChI=1S/C24H32N4OS2/c1-16-11-14-31-22(16)21(25)17(2)20-23(26)27-12-6-4-5-7-13-28(24(20)29)18-9-8-10-19(15-18)30-3/h8-11,14-15,27H,4-7,12-13,25-26H2,1-3H3/b21-17-,23-20-. The summed E-state index contributed by atoms with van der Waals surface area (Å²) in [7, 11) is 0. The Labute approximate surface area is 193 Å². The lowest BCUT2D eigenvalue weighted by Gasteiger charge is -2.26. The molecular weight excluding hydrogens is 424 g/mol. The predicted octanol–water partition coefficient (Wildman–Crippen LogP) is 4.84. The zero-order valence-electron chi connectivity index (χ0n) is 18.5. The maximum absolute atomic E-state index is 13.9. The van der Waals surface area contributed by atoms with Gasteiger partial charge in [-0.25, -0.2) is 0 Å². The van der Waals surface area contributed by atoms with E-state index in [9.17, 15) is 4.79 Å². The van der Waals surface area contributed by atoms with Crippen LogP contribution in [0.2, 0.25) is 0 Å². The summed E-state index contributed by atoms with van der Waals surface area (Å²) in [6.45, 7) is 5.32. The molecule has 0 spiro atoms. The molecule has 1 aromatic carbocycles. The summed E-state index contributed by atoms with van der Waals surface area (Å²) in [5.74, 6) is 0.285. The van der Waals surface area contributed by atoms with Crippen LogP contribution in [-0.2, 0) is 4.79 Å². The number of hydrogen-bond acceptors (Lipinski definition) is 6. The molecule has 2 heterocycles. The molecule has 31 heavy (non-hydrogen) atoms. The van der Waals surface area contributed by atoms with Crippen molar-refractivity contribution in [3.63, 3.8) is 0 Å². The van der Waals surface area contributed by atoms with Crippen molar-refractivity contribution >= 4 is 40.4 Å². The Hall–Kier alpha value is -2.38. The average molecular weight is 457 g/mol. The molecule has 2 aromatic rings. The molecule has 1 aromatic heterocycles. The second-order valence-electron chi connectivity index (χ2n) is 7.76. The second kappa shape index (κ2) is 10.8. The number of hydrogen-bond donors (Lipinski definition) is 3. The summed E-state index contributed by atoms with van der Waals surface area (Å²) >= 11 is 3.25. The minimum Gasteiger partial charge on any atom is -0.397 e. The van der Waals surface area contributed by atoms with Gasteiger partial charge in [0.05, 0.1) is 16.1 Å². The van der Waals surface area contributed by atoms with E-state index < -0.39 is 0 Å². The van der Waals surface area contributed by atoms with Crippen molar-refractivity contribution < 1.29 is 4.79 Å². The van der Waals surface area contributed by atoms with E-state index in [-0.39, 0.29) is 5.91 Å². The van der Waals surface area contributed by atoms with E-state index in [0.717, 1.165) is 53.3 Å². The van der Waals surface area contributed by atoms with Crippen LogP contribution >= 0.6 is 23.1 Å². The third kappa shape index (κ3) is 5.46. The zero-order chi connectivity index (χ0) is 22.4. The molecule has 5 N–H and O–H groups in total. The van der Waals surface area contributed by atoms with Gasteiger partial charge in [0, 0.05) is 23.7 Å². The third-order valence-corrected chi connectivity index (χ3v) is 7.38. The van der Waals surface area contributed by atoms with Gasteiger partial charge in [0.15, 0.2) is 0 Å². The molecule has 0 radical (unpaired) electrons. The lowest BCUT2D eigenvalue weighted by molar-refractivity contribution is -0.115. The zero-order valence-corrected chi connectivity index (χ0v) is 20.2. The molecule has 5 nitrogen and oxygen atoms in total. The number of nitrogens with one attached hydrogen (secondary N) is 1. The molecule has 1 amide bonds. The van der Waals surface area contributed by atoms with Crippen molar-refractivity contribution in [1.82, 2.24) is 5.32 Å². The van der Waals surface area contributed by atoms with Crippen LogP contribution in [0.4, 0.5) is 5.69 Å². The maximum Gasteiger partial charge on any atom is 0.262 e. The van der Waals surface area contributed by atoms with E-state index in [1.54, 1.807) is 23.1 Å². The lowest BCUT2D eigenvalue weighted by atomic mass is 10.0. The number of thioether (sulfide) groups is 1. The van der Waals surface area contributed by atoms with Gasteiger partial charge in [-0.3, -0.25) is 4.79 Å². The van der Waals surface area contributed by atoms with E-state index in [2.05, 4.69) is 17.4 Å². The van der Waals surface area contributed by atoms with Gasteiger partial charge in [0.1, 0.15) is 5.82 Å². The molecule has 1 aliphatic rings. The highest BCUT2D eigenvalue weighted by Crippen LogP contribution is 2.30. The summed E-state index contributed by atoms with van der Waals surface area (Å²) in [5, 5.41) is 5.28. The van der Waals surface area contributed by atoms with E-state index >= 15 is 0 Å². The summed E-state index contributed by atoms with van der Waals surface area (Å²) in [6, 6.07) is 10.1. The van der Waals surface area contributed by atoms with Crippen LogP contribution in [-0.4, -0.2) is 25.3 Å². The van der Waals surface area contributed by atoms with Gasteiger partial charge in [-0.1, -0.05) is 18.9 Å². The Morgan fingerprint density at radius 1 is 1.19 bits per heavy atom. The molecule has 0 unspecified atom stereocenters. The molecule has 7 heteroatoms. The van der Waals surface area contributed by atoms with Crippen molar-refractivity contribution in [2.75, 3.05) is 24.2 Å². The van der Waals surface area contributed by atoms with Crippen LogP contribution in [0.5, 0.6) is 0 Å². The first-order valence-electron chi connectivity index (χ1n) is 10.6. The van der Waals surface area contributed by atoms with Gasteiger partial charge in [0.2, 0.25) is 0 Å². The van der Waals surface area contributed by atoms with Gasteiger partial charge >= 0.3 is 0 Å². The Bertz CT molecular complexity index is 993. The monoisotopic (exact) mass is 456 g/mol. The minimum atomic E-state index is -0.111. The fraction of sp³-hybridized carbons (Fsp3) is 0.375. The van der Waals surface area contributed by atoms with Gasteiger partial charge in [-0.2, -0.15) is 0 Å². The highest BCUT2D eigenvalue weighted by molar-refractivity contribution is 7.98. The molecular formula is C24H32N4OS2. The van der Waals surface area contributed by atoms with Gasteiger partial charge in [-0.05, 0) is 73.7 Å². The molecule has 166 valence electrons. The maximum atomic E-state index is 13.9. The molecule has 0 fully saturated rings. The highest BCUT2D eigenvalue weighted by atomic mass is 32.2. The number of benzene rings is 1. The first-order chi connectivity index (χ1) is 14.9. The van der Waals surface area contributed by atoms with Gasteiger partial charge in [-0.15, -0.1) is 23.1 Å². The number of carbonyl (C=O) groups is 1. The number of carbonyl (C=O) groups excluding carboxylic acids is 1. The summed E-state index contributed by atoms with van der Waals surface area (Å²) < 4.78 is 0. The Kier molecular flexibility index (Phi) is 8.09. The first-order valence-corrected chi connectivity index (χ1v) is 12.7. The fourth-order valence-corrected chi connectivity index (χ4v) is 5.15. The number of rotatable bonds is 4. The van der Waals surface area contributed by atoms with Crippen LogP contribution in [0.3, 0.4) is 0 Å². The topological polar surface area (TPSA) is 84.4 Å². The van der Waals surface area contributed by atoms with Crippen LogP contribution in [0.15, 0.2) is 57.6 Å². The highest BCUT2D eigenvalue weighted by Gasteiger charge is 2.26. The number of thiophene rings is 1. The van der Waals surface area contributed by atoms with Crippen molar-refractivity contribution in [3.05, 3.63) is 63.1 Å². The molecule has 0 aliphatic carbocycles. The van der Waals surface area contributed by atoms with Crippen molar-refractivity contribution in [3.8, 4) is 0 Å². The smallest absolute Gasteiger partial charge is 0.262 e. The number of amides is 1. The quantitative estimate of drug-likeness (QED) is 0.574. The number of nitrogens with two attached hydrogens (primary N) is 2. The lowest BCUT2D eigenvalue weighted by Crippen LogP contribution is -2.37. The van der Waals surface area contributed by atoms with E-state index in [0.29, 0.717) is 29.2 Å². The average Bonchev–Trinajstić information content (AvgIpc) is 3.19.